The molecule has 1 rings (SSSR count). The summed E-state index contributed by atoms with van der Waals surface area (Å²) in [6.07, 6.45) is 4.19. The maximum atomic E-state index is 11.8. The predicted molar refractivity (Wildman–Crippen MR) is 94.9 cm³/mol. The number of hydrogen-bond acceptors (Lipinski definition) is 3. The first-order chi connectivity index (χ1) is 11.4. The van der Waals surface area contributed by atoms with E-state index < -0.39 is 23.8 Å². The van der Waals surface area contributed by atoms with Crippen LogP contribution in [0.3, 0.4) is 0 Å². The van der Waals surface area contributed by atoms with Crippen molar-refractivity contribution in [2.75, 3.05) is 0 Å². The summed E-state index contributed by atoms with van der Waals surface area (Å²) in [7, 11) is 0. The quantitative estimate of drug-likeness (QED) is 0.540. The van der Waals surface area contributed by atoms with Gasteiger partial charge < -0.3 is 16.6 Å². The van der Waals surface area contributed by atoms with E-state index in [1.165, 1.54) is 0 Å². The van der Waals surface area contributed by atoms with E-state index in [1.54, 1.807) is 6.08 Å². The lowest BCUT2D eigenvalue weighted by Gasteiger charge is -2.21. The third-order valence-corrected chi connectivity index (χ3v) is 4.01. The van der Waals surface area contributed by atoms with Crippen LogP contribution in [-0.2, 0) is 16.0 Å². The Labute approximate surface area is 143 Å². The van der Waals surface area contributed by atoms with Crippen LogP contribution in [0, 0.1) is 5.92 Å². The number of amides is 2. The number of hydrogen-bond donors (Lipinski definition) is 3. The number of aliphatic hydroxyl groups excluding tert-OH is 1. The van der Waals surface area contributed by atoms with Crippen LogP contribution >= 0.6 is 0 Å². The van der Waals surface area contributed by atoms with Gasteiger partial charge in [0.05, 0.1) is 12.0 Å². The van der Waals surface area contributed by atoms with Gasteiger partial charge in [-0.25, -0.2) is 0 Å². The van der Waals surface area contributed by atoms with Gasteiger partial charge in [0.2, 0.25) is 11.8 Å². The number of rotatable bonds is 11. The highest BCUT2D eigenvalue weighted by Crippen LogP contribution is 2.24. The van der Waals surface area contributed by atoms with Crippen molar-refractivity contribution in [1.82, 2.24) is 0 Å². The van der Waals surface area contributed by atoms with Crippen molar-refractivity contribution in [1.29, 1.82) is 0 Å². The summed E-state index contributed by atoms with van der Waals surface area (Å²) in [5, 5.41) is 10.3. The topological polar surface area (TPSA) is 106 Å². The average Bonchev–Trinajstić information content (AvgIpc) is 2.55. The molecule has 24 heavy (non-hydrogen) atoms. The van der Waals surface area contributed by atoms with E-state index in [0.717, 1.165) is 24.0 Å². The Morgan fingerprint density at radius 3 is 2.42 bits per heavy atom. The summed E-state index contributed by atoms with van der Waals surface area (Å²) in [5.74, 6) is -1.48. The molecule has 0 spiro atoms. The summed E-state index contributed by atoms with van der Waals surface area (Å²) in [4.78, 5) is 22.8. The number of nitrogens with two attached hydrogens (primary N) is 2. The van der Waals surface area contributed by atoms with Crippen LogP contribution in [0.15, 0.2) is 42.0 Å². The molecule has 0 fully saturated rings. The second-order valence-electron chi connectivity index (χ2n) is 6.07. The SMILES string of the molecule is CCCC(=CCC(N)=O)[C@H](C[C@@H](O)CCc1ccccc1)C(N)=O. The highest BCUT2D eigenvalue weighted by molar-refractivity contribution is 5.80. The molecule has 0 heterocycles. The van der Waals surface area contributed by atoms with Crippen molar-refractivity contribution < 1.29 is 14.7 Å². The minimum absolute atomic E-state index is 0.0826. The second kappa shape index (κ2) is 10.6. The second-order valence-corrected chi connectivity index (χ2v) is 6.07. The molecule has 0 aliphatic rings. The van der Waals surface area contributed by atoms with Crippen LogP contribution in [0.1, 0.15) is 44.6 Å². The molecular formula is C19H28N2O3. The number of aliphatic hydroxyl groups is 1. The zero-order valence-corrected chi connectivity index (χ0v) is 14.3. The van der Waals surface area contributed by atoms with E-state index in [4.69, 9.17) is 11.5 Å². The third-order valence-electron chi connectivity index (χ3n) is 4.01. The van der Waals surface area contributed by atoms with Gasteiger partial charge >= 0.3 is 0 Å². The molecule has 0 aliphatic carbocycles. The first-order valence-corrected chi connectivity index (χ1v) is 8.42. The summed E-state index contributed by atoms with van der Waals surface area (Å²) in [6, 6.07) is 9.88. The van der Waals surface area contributed by atoms with E-state index in [1.807, 2.05) is 37.3 Å². The van der Waals surface area contributed by atoms with Crippen LogP contribution in [-0.4, -0.2) is 23.0 Å². The van der Waals surface area contributed by atoms with Gasteiger partial charge in [-0.1, -0.05) is 55.3 Å². The van der Waals surface area contributed by atoms with E-state index in [9.17, 15) is 14.7 Å². The number of carbonyl (C=O) groups excluding carboxylic acids is 2. The lowest BCUT2D eigenvalue weighted by molar-refractivity contribution is -0.122. The van der Waals surface area contributed by atoms with Crippen molar-refractivity contribution in [3.8, 4) is 0 Å². The molecule has 2 atom stereocenters. The average molecular weight is 332 g/mol. The fourth-order valence-corrected chi connectivity index (χ4v) is 2.76. The zero-order valence-electron chi connectivity index (χ0n) is 14.3. The standard InChI is InChI=1S/C19H28N2O3/c1-2-6-15(10-12-18(20)23)17(19(21)24)13-16(22)11-9-14-7-4-3-5-8-14/h3-5,7-8,10,16-17,22H,2,6,9,11-13H2,1H3,(H2,20,23)(H2,21,24)/t16-,17-/m0/s1. The molecule has 0 saturated carbocycles. The minimum Gasteiger partial charge on any atom is -0.393 e. The Bertz CT molecular complexity index is 555. The van der Waals surface area contributed by atoms with Gasteiger partial charge in [-0.15, -0.1) is 0 Å². The lowest BCUT2D eigenvalue weighted by Crippen LogP contribution is -2.29. The first kappa shape index (κ1) is 19.9. The van der Waals surface area contributed by atoms with Gasteiger partial charge in [0, 0.05) is 6.42 Å². The highest BCUT2D eigenvalue weighted by Gasteiger charge is 2.23. The fraction of sp³-hybridized carbons (Fsp3) is 0.474. The molecule has 5 N–H and O–H groups in total. The molecule has 0 aromatic heterocycles. The van der Waals surface area contributed by atoms with Crippen LogP contribution < -0.4 is 11.5 Å². The highest BCUT2D eigenvalue weighted by atomic mass is 16.3. The number of primary amides is 2. The van der Waals surface area contributed by atoms with Gasteiger partial charge in [0.25, 0.3) is 0 Å². The Morgan fingerprint density at radius 2 is 1.88 bits per heavy atom. The van der Waals surface area contributed by atoms with Gasteiger partial charge in [0.1, 0.15) is 0 Å². The van der Waals surface area contributed by atoms with Gasteiger partial charge in [0.15, 0.2) is 0 Å². The van der Waals surface area contributed by atoms with E-state index >= 15 is 0 Å². The molecule has 0 radical (unpaired) electrons. The molecule has 132 valence electrons. The molecule has 0 saturated heterocycles. The third kappa shape index (κ3) is 7.42. The maximum Gasteiger partial charge on any atom is 0.224 e. The number of aryl methyl sites for hydroxylation is 1. The Kier molecular flexibility index (Phi) is 8.79. The smallest absolute Gasteiger partial charge is 0.224 e. The van der Waals surface area contributed by atoms with Crippen molar-refractivity contribution in [3.05, 3.63) is 47.5 Å². The minimum atomic E-state index is -0.628. The molecule has 2 amide bonds. The summed E-state index contributed by atoms with van der Waals surface area (Å²) < 4.78 is 0. The number of benzene rings is 1. The van der Waals surface area contributed by atoms with Crippen molar-refractivity contribution in [2.45, 2.75) is 51.6 Å². The summed E-state index contributed by atoms with van der Waals surface area (Å²) in [6.45, 7) is 1.99. The molecular weight excluding hydrogens is 304 g/mol. The first-order valence-electron chi connectivity index (χ1n) is 8.42. The van der Waals surface area contributed by atoms with Gasteiger partial charge in [-0.3, -0.25) is 9.59 Å². The van der Waals surface area contributed by atoms with Crippen LogP contribution in [0.25, 0.3) is 0 Å². The van der Waals surface area contributed by atoms with Gasteiger partial charge in [-0.2, -0.15) is 0 Å². The summed E-state index contributed by atoms with van der Waals surface area (Å²) >= 11 is 0. The molecule has 0 unspecified atom stereocenters. The van der Waals surface area contributed by atoms with Crippen LogP contribution in [0.2, 0.25) is 0 Å². The largest absolute Gasteiger partial charge is 0.393 e. The molecule has 5 heteroatoms. The van der Waals surface area contributed by atoms with Crippen molar-refractivity contribution >= 4 is 11.8 Å². The maximum absolute atomic E-state index is 11.8. The zero-order chi connectivity index (χ0) is 17.9. The Balaban J connectivity index is 2.70. The van der Waals surface area contributed by atoms with Crippen LogP contribution in [0.4, 0.5) is 0 Å². The Hall–Kier alpha value is -2.14. The van der Waals surface area contributed by atoms with Crippen molar-refractivity contribution in [2.24, 2.45) is 17.4 Å². The van der Waals surface area contributed by atoms with E-state index in [-0.39, 0.29) is 12.8 Å². The van der Waals surface area contributed by atoms with Crippen LogP contribution in [0.5, 0.6) is 0 Å². The van der Waals surface area contributed by atoms with E-state index in [0.29, 0.717) is 12.8 Å². The Morgan fingerprint density at radius 1 is 1.21 bits per heavy atom. The van der Waals surface area contributed by atoms with Gasteiger partial charge in [-0.05, 0) is 31.2 Å². The number of carbonyl (C=O) groups is 2. The fourth-order valence-electron chi connectivity index (χ4n) is 2.76. The molecule has 1 aromatic rings. The summed E-state index contributed by atoms with van der Waals surface area (Å²) in [5.41, 5.74) is 12.6. The predicted octanol–water partition coefficient (Wildman–Crippen LogP) is 2.07. The molecule has 1 aromatic carbocycles. The monoisotopic (exact) mass is 332 g/mol. The van der Waals surface area contributed by atoms with E-state index in [2.05, 4.69) is 0 Å². The van der Waals surface area contributed by atoms with Crippen molar-refractivity contribution in [3.63, 3.8) is 0 Å². The molecule has 0 bridgehead atoms. The molecule has 0 aliphatic heterocycles. The lowest BCUT2D eigenvalue weighted by atomic mass is 9.87. The molecule has 5 nitrogen and oxygen atoms in total. The normalized spacial score (nSPS) is 14.2.